The van der Waals surface area contributed by atoms with E-state index in [-0.39, 0.29) is 11.9 Å². The summed E-state index contributed by atoms with van der Waals surface area (Å²) in [6.07, 6.45) is 0.895. The SMILES string of the molecule is C[C@H]1Cc2ccccc2N1C(=O)c1ccc2c(c1)OCCO2. The van der Waals surface area contributed by atoms with E-state index in [9.17, 15) is 4.79 Å². The average molecular weight is 295 g/mol. The van der Waals surface area contributed by atoms with Crippen molar-refractivity contribution in [3.63, 3.8) is 0 Å². The molecule has 2 aliphatic rings. The van der Waals surface area contributed by atoms with E-state index in [1.54, 1.807) is 6.07 Å². The largest absolute Gasteiger partial charge is 0.486 e. The number of nitrogens with zero attached hydrogens (tertiary/aromatic N) is 1. The summed E-state index contributed by atoms with van der Waals surface area (Å²) >= 11 is 0. The Morgan fingerprint density at radius 3 is 2.73 bits per heavy atom. The molecule has 0 fully saturated rings. The lowest BCUT2D eigenvalue weighted by Crippen LogP contribution is -2.35. The molecular weight excluding hydrogens is 278 g/mol. The molecule has 0 spiro atoms. The monoisotopic (exact) mass is 295 g/mol. The van der Waals surface area contributed by atoms with Gasteiger partial charge in [0.15, 0.2) is 11.5 Å². The number of hydrogen-bond donors (Lipinski definition) is 0. The van der Waals surface area contributed by atoms with Gasteiger partial charge in [0.2, 0.25) is 0 Å². The van der Waals surface area contributed by atoms with Gasteiger partial charge in [-0.25, -0.2) is 0 Å². The molecule has 0 aromatic heterocycles. The minimum atomic E-state index is 0.00873. The number of carbonyl (C=O) groups is 1. The van der Waals surface area contributed by atoms with E-state index in [1.807, 2.05) is 35.2 Å². The molecule has 0 aliphatic carbocycles. The second-order valence-corrected chi connectivity index (χ2v) is 5.72. The summed E-state index contributed by atoms with van der Waals surface area (Å²) in [7, 11) is 0. The standard InChI is InChI=1S/C18H17NO3/c1-12-10-13-4-2-3-5-15(13)19(12)18(20)14-6-7-16-17(11-14)22-9-8-21-16/h2-7,11-12H,8-10H2,1H3/t12-/m0/s1. The number of rotatable bonds is 1. The van der Waals surface area contributed by atoms with Crippen molar-refractivity contribution in [1.29, 1.82) is 0 Å². The van der Waals surface area contributed by atoms with Gasteiger partial charge < -0.3 is 14.4 Å². The third-order valence-corrected chi connectivity index (χ3v) is 4.22. The molecule has 0 N–H and O–H groups in total. The van der Waals surface area contributed by atoms with Crippen LogP contribution in [-0.4, -0.2) is 25.2 Å². The van der Waals surface area contributed by atoms with Crippen LogP contribution in [0.1, 0.15) is 22.8 Å². The van der Waals surface area contributed by atoms with Crippen LogP contribution < -0.4 is 14.4 Å². The highest BCUT2D eigenvalue weighted by Crippen LogP contribution is 2.35. The van der Waals surface area contributed by atoms with Crippen molar-refractivity contribution in [2.45, 2.75) is 19.4 Å². The molecule has 2 aromatic carbocycles. The summed E-state index contributed by atoms with van der Waals surface area (Å²) < 4.78 is 11.1. The summed E-state index contributed by atoms with van der Waals surface area (Å²) in [5, 5.41) is 0. The Labute approximate surface area is 129 Å². The number of amides is 1. The van der Waals surface area contributed by atoms with E-state index in [1.165, 1.54) is 5.56 Å². The van der Waals surface area contributed by atoms with Crippen LogP contribution in [0, 0.1) is 0 Å². The molecule has 4 rings (SSSR count). The fourth-order valence-corrected chi connectivity index (χ4v) is 3.19. The van der Waals surface area contributed by atoms with Crippen molar-refractivity contribution >= 4 is 11.6 Å². The summed E-state index contributed by atoms with van der Waals surface area (Å²) in [5.74, 6) is 1.37. The zero-order valence-corrected chi connectivity index (χ0v) is 12.4. The van der Waals surface area contributed by atoms with E-state index in [0.717, 1.165) is 12.1 Å². The Morgan fingerprint density at radius 1 is 1.09 bits per heavy atom. The maximum absolute atomic E-state index is 12.9. The normalized spacial score (nSPS) is 19.0. The average Bonchev–Trinajstić information content (AvgIpc) is 2.89. The lowest BCUT2D eigenvalue weighted by atomic mass is 10.1. The molecule has 2 aromatic rings. The van der Waals surface area contributed by atoms with E-state index in [2.05, 4.69) is 13.0 Å². The maximum Gasteiger partial charge on any atom is 0.258 e. The first-order chi connectivity index (χ1) is 10.7. The first kappa shape index (κ1) is 13.2. The zero-order chi connectivity index (χ0) is 15.1. The van der Waals surface area contributed by atoms with Gasteiger partial charge in [-0.3, -0.25) is 4.79 Å². The molecule has 2 aliphatic heterocycles. The number of benzene rings is 2. The molecule has 0 unspecified atom stereocenters. The number of ether oxygens (including phenoxy) is 2. The highest BCUT2D eigenvalue weighted by atomic mass is 16.6. The third-order valence-electron chi connectivity index (χ3n) is 4.22. The fourth-order valence-electron chi connectivity index (χ4n) is 3.19. The predicted octanol–water partition coefficient (Wildman–Crippen LogP) is 3.05. The molecule has 22 heavy (non-hydrogen) atoms. The minimum absolute atomic E-state index is 0.00873. The first-order valence-corrected chi connectivity index (χ1v) is 7.55. The number of fused-ring (bicyclic) bond motifs is 2. The van der Waals surface area contributed by atoms with Crippen molar-refractivity contribution in [3.8, 4) is 11.5 Å². The van der Waals surface area contributed by atoms with Crippen molar-refractivity contribution in [1.82, 2.24) is 0 Å². The van der Waals surface area contributed by atoms with Gasteiger partial charge >= 0.3 is 0 Å². The number of anilines is 1. The van der Waals surface area contributed by atoms with Crippen molar-refractivity contribution in [3.05, 3.63) is 53.6 Å². The lowest BCUT2D eigenvalue weighted by Gasteiger charge is -2.24. The van der Waals surface area contributed by atoms with E-state index < -0.39 is 0 Å². The third kappa shape index (κ3) is 2.03. The van der Waals surface area contributed by atoms with Crippen LogP contribution in [0.5, 0.6) is 11.5 Å². The molecule has 1 atom stereocenters. The van der Waals surface area contributed by atoms with Crippen LogP contribution >= 0.6 is 0 Å². The van der Waals surface area contributed by atoms with Crippen molar-refractivity contribution in [2.75, 3.05) is 18.1 Å². The zero-order valence-electron chi connectivity index (χ0n) is 12.4. The van der Waals surface area contributed by atoms with Crippen LogP contribution in [0.4, 0.5) is 5.69 Å². The van der Waals surface area contributed by atoms with Crippen LogP contribution in [0.3, 0.4) is 0 Å². The number of carbonyl (C=O) groups excluding carboxylic acids is 1. The van der Waals surface area contributed by atoms with Crippen molar-refractivity contribution < 1.29 is 14.3 Å². The maximum atomic E-state index is 12.9. The molecule has 0 saturated heterocycles. The van der Waals surface area contributed by atoms with Crippen molar-refractivity contribution in [2.24, 2.45) is 0 Å². The predicted molar refractivity (Wildman–Crippen MR) is 83.8 cm³/mol. The van der Waals surface area contributed by atoms with Crippen LogP contribution in [0.15, 0.2) is 42.5 Å². The van der Waals surface area contributed by atoms with Gasteiger partial charge in [0.1, 0.15) is 13.2 Å². The van der Waals surface area contributed by atoms with Gasteiger partial charge in [0, 0.05) is 17.3 Å². The van der Waals surface area contributed by atoms with Gasteiger partial charge in [-0.05, 0) is 43.2 Å². The second-order valence-electron chi connectivity index (χ2n) is 5.72. The first-order valence-electron chi connectivity index (χ1n) is 7.55. The fraction of sp³-hybridized carbons (Fsp3) is 0.278. The smallest absolute Gasteiger partial charge is 0.258 e. The molecule has 112 valence electrons. The van der Waals surface area contributed by atoms with Gasteiger partial charge in [0.25, 0.3) is 5.91 Å². The minimum Gasteiger partial charge on any atom is -0.486 e. The van der Waals surface area contributed by atoms with Gasteiger partial charge in [-0.15, -0.1) is 0 Å². The Bertz CT molecular complexity index is 741. The summed E-state index contributed by atoms with van der Waals surface area (Å²) in [4.78, 5) is 14.8. The Hall–Kier alpha value is -2.49. The summed E-state index contributed by atoms with van der Waals surface area (Å²) in [5.41, 5.74) is 2.86. The Kier molecular flexibility index (Phi) is 3.03. The second kappa shape index (κ2) is 5.05. The van der Waals surface area contributed by atoms with Crippen LogP contribution in [0.2, 0.25) is 0 Å². The summed E-state index contributed by atoms with van der Waals surface area (Å²) in [6.45, 7) is 3.15. The van der Waals surface area contributed by atoms with E-state index >= 15 is 0 Å². The molecular formula is C18H17NO3. The van der Waals surface area contributed by atoms with E-state index in [0.29, 0.717) is 30.3 Å². The topological polar surface area (TPSA) is 38.8 Å². The number of para-hydroxylation sites is 1. The molecule has 1 amide bonds. The molecule has 0 bridgehead atoms. The quantitative estimate of drug-likeness (QED) is 0.811. The highest BCUT2D eigenvalue weighted by molar-refractivity contribution is 6.08. The van der Waals surface area contributed by atoms with Gasteiger partial charge in [-0.1, -0.05) is 18.2 Å². The Balaban J connectivity index is 1.70. The van der Waals surface area contributed by atoms with Gasteiger partial charge in [-0.2, -0.15) is 0 Å². The molecule has 4 nitrogen and oxygen atoms in total. The van der Waals surface area contributed by atoms with E-state index in [4.69, 9.17) is 9.47 Å². The Morgan fingerprint density at radius 2 is 1.86 bits per heavy atom. The van der Waals surface area contributed by atoms with Crippen LogP contribution in [-0.2, 0) is 6.42 Å². The molecule has 0 saturated carbocycles. The lowest BCUT2D eigenvalue weighted by molar-refractivity contribution is 0.0980. The molecule has 4 heteroatoms. The molecule has 2 heterocycles. The van der Waals surface area contributed by atoms with Gasteiger partial charge in [0.05, 0.1) is 0 Å². The molecule has 0 radical (unpaired) electrons. The summed E-state index contributed by atoms with van der Waals surface area (Å²) in [6, 6.07) is 13.7. The van der Waals surface area contributed by atoms with Crippen LogP contribution in [0.25, 0.3) is 0 Å². The highest BCUT2D eigenvalue weighted by Gasteiger charge is 2.31. The number of hydrogen-bond acceptors (Lipinski definition) is 3.